The van der Waals surface area contributed by atoms with Crippen molar-refractivity contribution in [2.45, 2.75) is 13.0 Å². The lowest BCUT2D eigenvalue weighted by Crippen LogP contribution is -2.31. The highest BCUT2D eigenvalue weighted by Gasteiger charge is 2.15. The van der Waals surface area contributed by atoms with Gasteiger partial charge < -0.3 is 10.1 Å². The molecule has 1 aromatic heterocycles. The summed E-state index contributed by atoms with van der Waals surface area (Å²) in [6.45, 7) is 1.39. The summed E-state index contributed by atoms with van der Waals surface area (Å²) in [6, 6.07) is 13.2. The Hall–Kier alpha value is -2.83. The molecule has 0 bridgehead atoms. The normalized spacial score (nSPS) is 11.7. The fraction of sp³-hybridized carbons (Fsp3) is 0.150. The number of amides is 1. The van der Waals surface area contributed by atoms with E-state index in [0.717, 1.165) is 11.3 Å². The summed E-state index contributed by atoms with van der Waals surface area (Å²) in [7, 11) is 0. The van der Waals surface area contributed by atoms with Crippen molar-refractivity contribution in [3.8, 4) is 5.69 Å². The first kappa shape index (κ1) is 19.9. The molecule has 6 nitrogen and oxygen atoms in total. The van der Waals surface area contributed by atoms with Gasteiger partial charge >= 0.3 is 5.97 Å². The Morgan fingerprint density at radius 1 is 1.18 bits per heavy atom. The van der Waals surface area contributed by atoms with Gasteiger partial charge in [-0.05, 0) is 55.0 Å². The first-order valence-corrected chi connectivity index (χ1v) is 9.21. The predicted molar refractivity (Wildman–Crippen MR) is 107 cm³/mol. The zero-order valence-corrected chi connectivity index (χ0v) is 16.4. The van der Waals surface area contributed by atoms with Crippen molar-refractivity contribution in [1.29, 1.82) is 0 Å². The molecule has 1 N–H and O–H groups in total. The summed E-state index contributed by atoms with van der Waals surface area (Å²) in [6.07, 6.45) is 3.46. The minimum Gasteiger partial charge on any atom is -0.452 e. The molecule has 28 heavy (non-hydrogen) atoms. The number of halogens is 2. The van der Waals surface area contributed by atoms with Gasteiger partial charge in [-0.2, -0.15) is 5.10 Å². The number of rotatable bonds is 6. The number of nitrogens with zero attached hydrogens (tertiary/aromatic N) is 2. The van der Waals surface area contributed by atoms with E-state index < -0.39 is 18.5 Å². The van der Waals surface area contributed by atoms with Crippen molar-refractivity contribution in [1.82, 2.24) is 15.1 Å². The summed E-state index contributed by atoms with van der Waals surface area (Å²) < 4.78 is 6.75. The number of carbonyl (C=O) groups excluding carboxylic acids is 2. The van der Waals surface area contributed by atoms with Crippen LogP contribution in [0.3, 0.4) is 0 Å². The molecular formula is C20H17Cl2N3O3. The van der Waals surface area contributed by atoms with Crippen LogP contribution in [0.2, 0.25) is 10.0 Å². The molecule has 0 saturated carbocycles. The van der Waals surface area contributed by atoms with E-state index in [2.05, 4.69) is 10.4 Å². The lowest BCUT2D eigenvalue weighted by atomic mass is 10.1. The van der Waals surface area contributed by atoms with Gasteiger partial charge in [0.15, 0.2) is 6.61 Å². The van der Waals surface area contributed by atoms with Crippen LogP contribution < -0.4 is 5.32 Å². The molecule has 0 radical (unpaired) electrons. The van der Waals surface area contributed by atoms with E-state index in [-0.39, 0.29) is 6.04 Å². The Bertz CT molecular complexity index is 973. The third-order valence-electron chi connectivity index (χ3n) is 4.01. The van der Waals surface area contributed by atoms with E-state index >= 15 is 0 Å². The van der Waals surface area contributed by atoms with Crippen molar-refractivity contribution in [2.24, 2.45) is 0 Å². The summed E-state index contributed by atoms with van der Waals surface area (Å²) in [4.78, 5) is 24.2. The molecule has 3 rings (SSSR count). The Morgan fingerprint density at radius 3 is 2.57 bits per heavy atom. The molecule has 0 fully saturated rings. The van der Waals surface area contributed by atoms with Crippen LogP contribution in [-0.4, -0.2) is 28.3 Å². The maximum Gasteiger partial charge on any atom is 0.338 e. The van der Waals surface area contributed by atoms with E-state index in [9.17, 15) is 9.59 Å². The minimum atomic E-state index is -0.584. The Balaban J connectivity index is 1.53. The van der Waals surface area contributed by atoms with Crippen LogP contribution in [0.1, 0.15) is 28.9 Å². The van der Waals surface area contributed by atoms with E-state index in [1.807, 2.05) is 0 Å². The smallest absolute Gasteiger partial charge is 0.338 e. The van der Waals surface area contributed by atoms with Crippen LogP contribution >= 0.6 is 23.2 Å². The summed E-state index contributed by atoms with van der Waals surface area (Å²) in [5.41, 5.74) is 1.88. The first-order valence-electron chi connectivity index (χ1n) is 8.45. The average Bonchev–Trinajstić information content (AvgIpc) is 3.21. The summed E-state index contributed by atoms with van der Waals surface area (Å²) >= 11 is 12.0. The standard InChI is InChI=1S/C20H17Cl2N3O3/c1-13(17-8-5-15(21)11-18(17)22)24-19(26)12-28-20(27)14-3-6-16(7-4-14)25-10-2-9-23-25/h2-11,13H,12H2,1H3,(H,24,26). The highest BCUT2D eigenvalue weighted by molar-refractivity contribution is 6.35. The molecule has 0 aliphatic heterocycles. The quantitative estimate of drug-likeness (QED) is 0.609. The van der Waals surface area contributed by atoms with Crippen molar-refractivity contribution < 1.29 is 14.3 Å². The monoisotopic (exact) mass is 417 g/mol. The van der Waals surface area contributed by atoms with Crippen LogP contribution in [0, 0.1) is 0 Å². The van der Waals surface area contributed by atoms with Crippen molar-refractivity contribution in [2.75, 3.05) is 6.61 Å². The van der Waals surface area contributed by atoms with Gasteiger partial charge in [-0.1, -0.05) is 29.3 Å². The Labute approximate surface area is 172 Å². The lowest BCUT2D eigenvalue weighted by Gasteiger charge is -2.16. The topological polar surface area (TPSA) is 73.2 Å². The molecule has 0 aliphatic carbocycles. The number of nitrogens with one attached hydrogen (secondary N) is 1. The van der Waals surface area contributed by atoms with Gasteiger partial charge in [0.05, 0.1) is 17.3 Å². The molecule has 1 atom stereocenters. The van der Waals surface area contributed by atoms with Crippen LogP contribution in [0.25, 0.3) is 5.69 Å². The van der Waals surface area contributed by atoms with Crippen LogP contribution in [0.15, 0.2) is 60.9 Å². The number of ether oxygens (including phenoxy) is 1. The number of esters is 1. The molecule has 8 heteroatoms. The second-order valence-corrected chi connectivity index (χ2v) is 6.87. The number of hydrogen-bond donors (Lipinski definition) is 1. The number of hydrogen-bond acceptors (Lipinski definition) is 4. The molecule has 144 valence electrons. The van der Waals surface area contributed by atoms with E-state index in [0.29, 0.717) is 15.6 Å². The SMILES string of the molecule is CC(NC(=O)COC(=O)c1ccc(-n2cccn2)cc1)c1ccc(Cl)cc1Cl. The van der Waals surface area contributed by atoms with E-state index in [1.165, 1.54) is 0 Å². The van der Waals surface area contributed by atoms with Gasteiger partial charge in [-0.3, -0.25) is 4.79 Å². The van der Waals surface area contributed by atoms with Crippen molar-refractivity contribution in [3.63, 3.8) is 0 Å². The van der Waals surface area contributed by atoms with Crippen molar-refractivity contribution in [3.05, 3.63) is 82.1 Å². The van der Waals surface area contributed by atoms with E-state index in [4.69, 9.17) is 27.9 Å². The molecule has 3 aromatic rings. The Kier molecular flexibility index (Phi) is 6.34. The zero-order chi connectivity index (χ0) is 20.1. The van der Waals surface area contributed by atoms with Crippen LogP contribution in [0.4, 0.5) is 0 Å². The Morgan fingerprint density at radius 2 is 1.93 bits per heavy atom. The number of carbonyl (C=O) groups is 2. The van der Waals surface area contributed by atoms with Crippen LogP contribution in [0.5, 0.6) is 0 Å². The third-order valence-corrected chi connectivity index (χ3v) is 4.58. The van der Waals surface area contributed by atoms with Crippen molar-refractivity contribution >= 4 is 35.1 Å². The van der Waals surface area contributed by atoms with Gasteiger partial charge in [0, 0.05) is 22.4 Å². The van der Waals surface area contributed by atoms with Gasteiger partial charge in [0.25, 0.3) is 5.91 Å². The minimum absolute atomic E-state index is 0.345. The molecule has 1 amide bonds. The van der Waals surface area contributed by atoms with Gasteiger partial charge in [-0.15, -0.1) is 0 Å². The average molecular weight is 418 g/mol. The summed E-state index contributed by atoms with van der Waals surface area (Å²) in [5.74, 6) is -1.01. The number of aromatic nitrogens is 2. The summed E-state index contributed by atoms with van der Waals surface area (Å²) in [5, 5.41) is 7.82. The fourth-order valence-corrected chi connectivity index (χ4v) is 3.17. The predicted octanol–water partition coefficient (Wildman–Crippen LogP) is 4.21. The maximum atomic E-state index is 12.1. The zero-order valence-electron chi connectivity index (χ0n) is 14.9. The second-order valence-electron chi connectivity index (χ2n) is 6.03. The highest BCUT2D eigenvalue weighted by atomic mass is 35.5. The van der Waals surface area contributed by atoms with E-state index in [1.54, 1.807) is 72.5 Å². The lowest BCUT2D eigenvalue weighted by molar-refractivity contribution is -0.124. The molecule has 0 spiro atoms. The molecule has 2 aromatic carbocycles. The fourth-order valence-electron chi connectivity index (χ4n) is 2.60. The highest BCUT2D eigenvalue weighted by Crippen LogP contribution is 2.26. The third kappa shape index (κ3) is 4.91. The molecular weight excluding hydrogens is 401 g/mol. The maximum absolute atomic E-state index is 12.1. The largest absolute Gasteiger partial charge is 0.452 e. The van der Waals surface area contributed by atoms with Gasteiger partial charge in [-0.25, -0.2) is 9.48 Å². The van der Waals surface area contributed by atoms with Gasteiger partial charge in [0.2, 0.25) is 0 Å². The molecule has 0 aliphatic rings. The number of benzene rings is 2. The molecule has 1 heterocycles. The van der Waals surface area contributed by atoms with Gasteiger partial charge in [0.1, 0.15) is 0 Å². The first-order chi connectivity index (χ1) is 13.4. The molecule has 0 saturated heterocycles. The second kappa shape index (κ2) is 8.91. The molecule has 1 unspecified atom stereocenters. The van der Waals surface area contributed by atoms with Crippen LogP contribution in [-0.2, 0) is 9.53 Å².